The first-order chi connectivity index (χ1) is 8.95. The summed E-state index contributed by atoms with van der Waals surface area (Å²) in [6.07, 6.45) is 0.0849. The second-order valence-corrected chi connectivity index (χ2v) is 4.66. The number of carbonyl (C=O) groups excluding carboxylic acids is 2. The minimum Gasteiger partial charge on any atom is -0.506 e. The number of aromatic hydroxyl groups is 1. The number of hydrogen-bond acceptors (Lipinski definition) is 5. The maximum atomic E-state index is 11.8. The SMILES string of the molecule is CCOC(=O)c1cc(Cl)c2c(c1O)C(=O)OC(C)C2. The summed E-state index contributed by atoms with van der Waals surface area (Å²) in [4.78, 5) is 23.5. The van der Waals surface area contributed by atoms with Crippen LogP contribution >= 0.6 is 11.6 Å². The fraction of sp³-hybridized carbons (Fsp3) is 0.385. The number of rotatable bonds is 2. The molecule has 2 rings (SSSR count). The predicted molar refractivity (Wildman–Crippen MR) is 67.7 cm³/mol. The summed E-state index contributed by atoms with van der Waals surface area (Å²) in [5.41, 5.74) is 0.321. The number of carbonyl (C=O) groups is 2. The van der Waals surface area contributed by atoms with Gasteiger partial charge in [-0.2, -0.15) is 0 Å². The molecule has 0 aromatic heterocycles. The van der Waals surface area contributed by atoms with E-state index in [1.807, 2.05) is 0 Å². The summed E-state index contributed by atoms with van der Waals surface area (Å²) in [5.74, 6) is -1.84. The molecule has 1 aromatic rings. The van der Waals surface area contributed by atoms with Gasteiger partial charge in [0.25, 0.3) is 0 Å². The first-order valence-electron chi connectivity index (χ1n) is 5.88. The number of hydrogen-bond donors (Lipinski definition) is 1. The molecule has 5 nitrogen and oxygen atoms in total. The van der Waals surface area contributed by atoms with Crippen LogP contribution < -0.4 is 0 Å². The Bertz CT molecular complexity index is 552. The Kier molecular flexibility index (Phi) is 3.66. The van der Waals surface area contributed by atoms with Crippen molar-refractivity contribution in [1.29, 1.82) is 0 Å². The highest BCUT2D eigenvalue weighted by Gasteiger charge is 2.32. The van der Waals surface area contributed by atoms with Crippen LogP contribution in [0.4, 0.5) is 0 Å². The zero-order valence-corrected chi connectivity index (χ0v) is 11.3. The topological polar surface area (TPSA) is 72.8 Å². The molecule has 1 heterocycles. The van der Waals surface area contributed by atoms with Gasteiger partial charge in [-0.25, -0.2) is 9.59 Å². The van der Waals surface area contributed by atoms with Gasteiger partial charge in [-0.3, -0.25) is 0 Å². The van der Waals surface area contributed by atoms with Gasteiger partial charge in [-0.1, -0.05) is 11.6 Å². The maximum Gasteiger partial charge on any atom is 0.342 e. The second kappa shape index (κ2) is 5.09. The highest BCUT2D eigenvalue weighted by atomic mass is 35.5. The molecule has 0 aliphatic carbocycles. The number of fused-ring (bicyclic) bond motifs is 1. The summed E-state index contributed by atoms with van der Waals surface area (Å²) in [5, 5.41) is 10.3. The van der Waals surface area contributed by atoms with Crippen molar-refractivity contribution in [3.8, 4) is 5.75 Å². The number of halogens is 1. The summed E-state index contributed by atoms with van der Waals surface area (Å²) in [7, 11) is 0. The molecule has 0 fully saturated rings. The van der Waals surface area contributed by atoms with Gasteiger partial charge in [-0.15, -0.1) is 0 Å². The van der Waals surface area contributed by atoms with Crippen molar-refractivity contribution >= 4 is 23.5 Å². The largest absolute Gasteiger partial charge is 0.506 e. The van der Waals surface area contributed by atoms with Crippen LogP contribution in [0.2, 0.25) is 5.02 Å². The Labute approximate surface area is 115 Å². The third-order valence-electron chi connectivity index (χ3n) is 2.85. The lowest BCUT2D eigenvalue weighted by Gasteiger charge is -2.24. The minimum absolute atomic E-state index is 0.0475. The van der Waals surface area contributed by atoms with Gasteiger partial charge in [0.2, 0.25) is 0 Å². The maximum absolute atomic E-state index is 11.8. The highest BCUT2D eigenvalue weighted by Crippen LogP contribution is 2.36. The van der Waals surface area contributed by atoms with Gasteiger partial charge in [-0.05, 0) is 25.5 Å². The van der Waals surface area contributed by atoms with Crippen LogP contribution in [-0.2, 0) is 15.9 Å². The molecule has 1 aliphatic rings. The zero-order valence-electron chi connectivity index (χ0n) is 10.5. The molecular formula is C13H13ClO5. The number of phenolic OH excluding ortho intramolecular Hbond substituents is 1. The van der Waals surface area contributed by atoms with Crippen LogP contribution in [0.25, 0.3) is 0 Å². The van der Waals surface area contributed by atoms with E-state index in [1.54, 1.807) is 13.8 Å². The molecule has 1 aliphatic heterocycles. The Morgan fingerprint density at radius 1 is 1.63 bits per heavy atom. The molecule has 0 spiro atoms. The first-order valence-corrected chi connectivity index (χ1v) is 6.26. The van der Waals surface area contributed by atoms with Crippen molar-refractivity contribution in [3.63, 3.8) is 0 Å². The minimum atomic E-state index is -0.726. The van der Waals surface area contributed by atoms with Crippen molar-refractivity contribution in [2.45, 2.75) is 26.4 Å². The Balaban J connectivity index is 2.58. The first kappa shape index (κ1) is 13.7. The molecule has 1 aromatic carbocycles. The van der Waals surface area contributed by atoms with Crippen LogP contribution in [0, 0.1) is 0 Å². The molecule has 0 bridgehead atoms. The Morgan fingerprint density at radius 3 is 2.95 bits per heavy atom. The third-order valence-corrected chi connectivity index (χ3v) is 3.19. The average Bonchev–Trinajstić information content (AvgIpc) is 2.33. The van der Waals surface area contributed by atoms with E-state index in [0.29, 0.717) is 12.0 Å². The molecule has 1 atom stereocenters. The van der Waals surface area contributed by atoms with E-state index in [4.69, 9.17) is 21.1 Å². The molecule has 19 heavy (non-hydrogen) atoms. The highest BCUT2D eigenvalue weighted by molar-refractivity contribution is 6.32. The van der Waals surface area contributed by atoms with E-state index < -0.39 is 17.7 Å². The van der Waals surface area contributed by atoms with Crippen molar-refractivity contribution in [2.24, 2.45) is 0 Å². The molecule has 0 amide bonds. The predicted octanol–water partition coefficient (Wildman–Crippen LogP) is 2.32. The molecule has 0 saturated carbocycles. The standard InChI is InChI=1S/C13H13ClO5/c1-3-18-12(16)8-5-9(14)7-4-6(2)19-13(17)10(7)11(8)15/h5-6,15H,3-4H2,1-2H3. The van der Waals surface area contributed by atoms with Crippen LogP contribution in [-0.4, -0.2) is 29.8 Å². The molecule has 6 heteroatoms. The monoisotopic (exact) mass is 284 g/mol. The van der Waals surface area contributed by atoms with E-state index in [2.05, 4.69) is 0 Å². The number of ether oxygens (including phenoxy) is 2. The molecular weight excluding hydrogens is 272 g/mol. The summed E-state index contributed by atoms with van der Waals surface area (Å²) in [6, 6.07) is 1.32. The second-order valence-electron chi connectivity index (χ2n) is 4.25. The lowest BCUT2D eigenvalue weighted by atomic mass is 9.95. The van der Waals surface area contributed by atoms with E-state index in [0.717, 1.165) is 0 Å². The lowest BCUT2D eigenvalue weighted by Crippen LogP contribution is -2.26. The van der Waals surface area contributed by atoms with Gasteiger partial charge in [0.05, 0.1) is 6.61 Å². The third kappa shape index (κ3) is 2.38. The fourth-order valence-corrected chi connectivity index (χ4v) is 2.31. The van der Waals surface area contributed by atoms with Gasteiger partial charge in [0.15, 0.2) is 0 Å². The lowest BCUT2D eigenvalue weighted by molar-refractivity contribution is 0.0297. The molecule has 1 unspecified atom stereocenters. The van der Waals surface area contributed by atoms with E-state index in [-0.39, 0.29) is 28.9 Å². The average molecular weight is 285 g/mol. The van der Waals surface area contributed by atoms with Crippen LogP contribution in [0.15, 0.2) is 6.07 Å². The van der Waals surface area contributed by atoms with Gasteiger partial charge in [0.1, 0.15) is 23.0 Å². The van der Waals surface area contributed by atoms with Crippen LogP contribution in [0.1, 0.15) is 40.1 Å². The number of esters is 2. The molecule has 0 radical (unpaired) electrons. The van der Waals surface area contributed by atoms with Crippen LogP contribution in [0.3, 0.4) is 0 Å². The number of cyclic esters (lactones) is 1. The zero-order chi connectivity index (χ0) is 14.2. The molecule has 0 saturated heterocycles. The number of phenols is 1. The Hall–Kier alpha value is -1.75. The van der Waals surface area contributed by atoms with Gasteiger partial charge in [0, 0.05) is 11.4 Å². The van der Waals surface area contributed by atoms with Crippen molar-refractivity contribution in [2.75, 3.05) is 6.61 Å². The Morgan fingerprint density at radius 2 is 2.32 bits per heavy atom. The van der Waals surface area contributed by atoms with E-state index in [1.165, 1.54) is 6.07 Å². The van der Waals surface area contributed by atoms with Crippen molar-refractivity contribution in [3.05, 3.63) is 27.8 Å². The van der Waals surface area contributed by atoms with Gasteiger partial charge >= 0.3 is 11.9 Å². The van der Waals surface area contributed by atoms with Crippen molar-refractivity contribution < 1.29 is 24.2 Å². The van der Waals surface area contributed by atoms with Gasteiger partial charge < -0.3 is 14.6 Å². The van der Waals surface area contributed by atoms with E-state index in [9.17, 15) is 14.7 Å². The quantitative estimate of drug-likeness (QED) is 0.844. The molecule has 1 N–H and O–H groups in total. The smallest absolute Gasteiger partial charge is 0.342 e. The molecule has 102 valence electrons. The summed E-state index contributed by atoms with van der Waals surface area (Å²) >= 11 is 6.07. The van der Waals surface area contributed by atoms with Crippen molar-refractivity contribution in [1.82, 2.24) is 0 Å². The van der Waals surface area contributed by atoms with Crippen LogP contribution in [0.5, 0.6) is 5.75 Å². The van der Waals surface area contributed by atoms with E-state index >= 15 is 0 Å². The number of benzene rings is 1. The summed E-state index contributed by atoms with van der Waals surface area (Å²) < 4.78 is 9.83. The fourth-order valence-electron chi connectivity index (χ4n) is 2.03. The normalized spacial score (nSPS) is 17.6. The summed E-state index contributed by atoms with van der Waals surface area (Å²) in [6.45, 7) is 3.53.